The lowest BCUT2D eigenvalue weighted by atomic mass is 9.96. The number of carbonyl (C=O) groups is 2. The van der Waals surface area contributed by atoms with E-state index in [1.165, 1.54) is 19.1 Å². The molecule has 1 atom stereocenters. The number of hydrogen-bond acceptors (Lipinski definition) is 2. The molecule has 0 radical (unpaired) electrons. The Morgan fingerprint density at radius 3 is 2.25 bits per heavy atom. The van der Waals surface area contributed by atoms with E-state index in [4.69, 9.17) is 5.11 Å². The summed E-state index contributed by atoms with van der Waals surface area (Å²) in [6.07, 6.45) is 0. The van der Waals surface area contributed by atoms with Gasteiger partial charge >= 0.3 is 5.97 Å². The minimum atomic E-state index is -1.11. The topological polar surface area (TPSA) is 54.4 Å². The molecule has 0 aliphatic carbocycles. The zero-order valence-electron chi connectivity index (χ0n) is 10.8. The first kappa shape index (κ1) is 13.9. The molecule has 1 N–H and O–H groups in total. The molecule has 2 aromatic carbocycles. The summed E-state index contributed by atoms with van der Waals surface area (Å²) in [6.45, 7) is 1.40. The molecule has 0 bridgehead atoms. The summed E-state index contributed by atoms with van der Waals surface area (Å²) in [6, 6.07) is 12.4. The highest BCUT2D eigenvalue weighted by Gasteiger charge is 2.19. The van der Waals surface area contributed by atoms with Crippen LogP contribution in [0.3, 0.4) is 0 Å². The van der Waals surface area contributed by atoms with E-state index in [0.717, 1.165) is 6.07 Å². The Balaban J connectivity index is 2.35. The van der Waals surface area contributed by atoms with Crippen LogP contribution in [0, 0.1) is 5.82 Å². The quantitative estimate of drug-likeness (QED) is 0.869. The van der Waals surface area contributed by atoms with Gasteiger partial charge in [-0.05, 0) is 13.0 Å². The summed E-state index contributed by atoms with van der Waals surface area (Å²) >= 11 is 0. The molecular weight excluding hydrogens is 259 g/mol. The Morgan fingerprint density at radius 1 is 1.05 bits per heavy atom. The third-order valence-corrected chi connectivity index (χ3v) is 3.14. The molecule has 0 heterocycles. The van der Waals surface area contributed by atoms with Crippen LogP contribution in [0.25, 0.3) is 0 Å². The monoisotopic (exact) mass is 272 g/mol. The molecule has 2 rings (SSSR count). The van der Waals surface area contributed by atoms with Gasteiger partial charge < -0.3 is 5.11 Å². The van der Waals surface area contributed by atoms with Crippen molar-refractivity contribution in [1.29, 1.82) is 0 Å². The number of ketones is 1. The SMILES string of the molecule is CC(C(=O)O)c1ccc(C(=O)c2ccccc2)cc1F. The summed E-state index contributed by atoms with van der Waals surface area (Å²) < 4.78 is 13.9. The molecule has 20 heavy (non-hydrogen) atoms. The van der Waals surface area contributed by atoms with Crippen LogP contribution in [0.5, 0.6) is 0 Å². The van der Waals surface area contributed by atoms with E-state index in [0.29, 0.717) is 5.56 Å². The summed E-state index contributed by atoms with van der Waals surface area (Å²) in [7, 11) is 0. The molecule has 0 aliphatic rings. The van der Waals surface area contributed by atoms with Gasteiger partial charge in [0.05, 0.1) is 5.92 Å². The van der Waals surface area contributed by atoms with Crippen LogP contribution in [0.1, 0.15) is 34.3 Å². The Hall–Kier alpha value is -2.49. The van der Waals surface area contributed by atoms with E-state index in [2.05, 4.69) is 0 Å². The van der Waals surface area contributed by atoms with Crippen LogP contribution in [-0.4, -0.2) is 16.9 Å². The van der Waals surface area contributed by atoms with Crippen LogP contribution in [0.4, 0.5) is 4.39 Å². The molecule has 0 aliphatic heterocycles. The van der Waals surface area contributed by atoms with E-state index < -0.39 is 17.7 Å². The Labute approximate surface area is 115 Å². The molecular formula is C16H13FO3. The van der Waals surface area contributed by atoms with Gasteiger partial charge in [0, 0.05) is 16.7 Å². The lowest BCUT2D eigenvalue weighted by molar-refractivity contribution is -0.138. The third kappa shape index (κ3) is 2.74. The largest absolute Gasteiger partial charge is 0.481 e. The fourth-order valence-electron chi connectivity index (χ4n) is 1.91. The average molecular weight is 272 g/mol. The smallest absolute Gasteiger partial charge is 0.310 e. The first-order valence-corrected chi connectivity index (χ1v) is 6.12. The second-order valence-electron chi connectivity index (χ2n) is 4.49. The zero-order valence-corrected chi connectivity index (χ0v) is 10.8. The van der Waals surface area contributed by atoms with Crippen molar-refractivity contribution in [1.82, 2.24) is 0 Å². The highest BCUT2D eigenvalue weighted by atomic mass is 19.1. The molecule has 0 saturated heterocycles. The van der Waals surface area contributed by atoms with Gasteiger partial charge in [0.2, 0.25) is 0 Å². The second kappa shape index (κ2) is 5.65. The van der Waals surface area contributed by atoms with Crippen LogP contribution in [0.15, 0.2) is 48.5 Å². The predicted octanol–water partition coefficient (Wildman–Crippen LogP) is 3.24. The van der Waals surface area contributed by atoms with Gasteiger partial charge in [-0.2, -0.15) is 0 Å². The number of carboxylic acid groups (broad SMARTS) is 1. The fraction of sp³-hybridized carbons (Fsp3) is 0.125. The zero-order chi connectivity index (χ0) is 14.7. The third-order valence-electron chi connectivity index (χ3n) is 3.14. The Bertz CT molecular complexity index is 650. The number of aliphatic carboxylic acids is 1. The fourth-order valence-corrected chi connectivity index (χ4v) is 1.91. The van der Waals surface area contributed by atoms with Crippen molar-refractivity contribution >= 4 is 11.8 Å². The Kier molecular flexibility index (Phi) is 3.94. The average Bonchev–Trinajstić information content (AvgIpc) is 2.46. The van der Waals surface area contributed by atoms with E-state index >= 15 is 0 Å². The highest BCUT2D eigenvalue weighted by molar-refractivity contribution is 6.09. The maximum atomic E-state index is 13.9. The van der Waals surface area contributed by atoms with Crippen molar-refractivity contribution in [3.63, 3.8) is 0 Å². The van der Waals surface area contributed by atoms with Crippen molar-refractivity contribution in [2.45, 2.75) is 12.8 Å². The van der Waals surface area contributed by atoms with Crippen LogP contribution in [0.2, 0.25) is 0 Å². The van der Waals surface area contributed by atoms with Gasteiger partial charge in [0.1, 0.15) is 5.82 Å². The number of carboxylic acids is 1. The number of rotatable bonds is 4. The first-order chi connectivity index (χ1) is 9.50. The molecule has 1 unspecified atom stereocenters. The Morgan fingerprint density at radius 2 is 1.70 bits per heavy atom. The van der Waals surface area contributed by atoms with Gasteiger partial charge in [-0.15, -0.1) is 0 Å². The van der Waals surface area contributed by atoms with E-state index in [-0.39, 0.29) is 16.9 Å². The highest BCUT2D eigenvalue weighted by Crippen LogP contribution is 2.21. The molecule has 0 aromatic heterocycles. The van der Waals surface area contributed by atoms with Gasteiger partial charge in [0.15, 0.2) is 5.78 Å². The summed E-state index contributed by atoms with van der Waals surface area (Å²) in [5, 5.41) is 8.88. The maximum absolute atomic E-state index is 13.9. The van der Waals surface area contributed by atoms with Crippen LogP contribution < -0.4 is 0 Å². The van der Waals surface area contributed by atoms with E-state index in [1.807, 2.05) is 0 Å². The standard InChI is InChI=1S/C16H13FO3/c1-10(16(19)20)13-8-7-12(9-14(13)17)15(18)11-5-3-2-4-6-11/h2-10H,1H3,(H,19,20). The van der Waals surface area contributed by atoms with Gasteiger partial charge in [0.25, 0.3) is 0 Å². The van der Waals surface area contributed by atoms with Crippen molar-refractivity contribution in [3.05, 3.63) is 71.0 Å². The summed E-state index contributed by atoms with van der Waals surface area (Å²) in [5.41, 5.74) is 0.739. The van der Waals surface area contributed by atoms with Crippen molar-refractivity contribution < 1.29 is 19.1 Å². The first-order valence-electron chi connectivity index (χ1n) is 6.12. The van der Waals surface area contributed by atoms with Gasteiger partial charge in [-0.25, -0.2) is 4.39 Å². The lowest BCUT2D eigenvalue weighted by Gasteiger charge is -2.09. The molecule has 0 saturated carbocycles. The van der Waals surface area contributed by atoms with Crippen LogP contribution in [-0.2, 0) is 4.79 Å². The number of benzene rings is 2. The molecule has 0 fully saturated rings. The summed E-state index contributed by atoms with van der Waals surface area (Å²) in [4.78, 5) is 23.0. The van der Waals surface area contributed by atoms with Crippen LogP contribution >= 0.6 is 0 Å². The molecule has 0 amide bonds. The summed E-state index contributed by atoms with van der Waals surface area (Å²) in [5.74, 6) is -3.03. The molecule has 102 valence electrons. The van der Waals surface area contributed by atoms with Crippen molar-refractivity contribution in [2.24, 2.45) is 0 Å². The molecule has 4 heteroatoms. The molecule has 2 aromatic rings. The molecule has 0 spiro atoms. The molecule has 3 nitrogen and oxygen atoms in total. The number of halogens is 1. The number of carbonyl (C=O) groups excluding carboxylic acids is 1. The predicted molar refractivity (Wildman–Crippen MR) is 72.3 cm³/mol. The second-order valence-corrected chi connectivity index (χ2v) is 4.49. The minimum Gasteiger partial charge on any atom is -0.481 e. The maximum Gasteiger partial charge on any atom is 0.310 e. The number of hydrogen-bond donors (Lipinski definition) is 1. The normalized spacial score (nSPS) is 11.9. The van der Waals surface area contributed by atoms with Gasteiger partial charge in [-0.3, -0.25) is 9.59 Å². The van der Waals surface area contributed by atoms with Crippen molar-refractivity contribution in [2.75, 3.05) is 0 Å². The lowest BCUT2D eigenvalue weighted by Crippen LogP contribution is -2.10. The minimum absolute atomic E-state index is 0.0714. The van der Waals surface area contributed by atoms with Gasteiger partial charge in [-0.1, -0.05) is 42.5 Å². The van der Waals surface area contributed by atoms with Crippen molar-refractivity contribution in [3.8, 4) is 0 Å². The van der Waals surface area contributed by atoms with E-state index in [1.54, 1.807) is 30.3 Å². The van der Waals surface area contributed by atoms with E-state index in [9.17, 15) is 14.0 Å².